The number of fused-ring (bicyclic) bond motifs is 1. The van der Waals surface area contributed by atoms with Gasteiger partial charge in [-0.3, -0.25) is 0 Å². The molecule has 70 valence electrons. The molecule has 0 aliphatic carbocycles. The molecule has 3 heteroatoms. The number of benzene rings is 1. The molecule has 1 heterocycles. The van der Waals surface area contributed by atoms with Crippen molar-refractivity contribution in [1.29, 1.82) is 0 Å². The van der Waals surface area contributed by atoms with Crippen molar-refractivity contribution in [2.24, 2.45) is 0 Å². The van der Waals surface area contributed by atoms with Crippen molar-refractivity contribution in [2.45, 2.75) is 10.3 Å². The van der Waals surface area contributed by atoms with Gasteiger partial charge in [0.25, 0.3) is 0 Å². The van der Waals surface area contributed by atoms with Gasteiger partial charge in [0.15, 0.2) is 0 Å². The van der Waals surface area contributed by atoms with E-state index in [-0.39, 0.29) is 0 Å². The Morgan fingerprint density at radius 2 is 2.38 bits per heavy atom. The summed E-state index contributed by atoms with van der Waals surface area (Å²) >= 11 is 2.49. The van der Waals surface area contributed by atoms with Crippen molar-refractivity contribution < 1.29 is 4.74 Å². The predicted molar refractivity (Wildman–Crippen MR) is 62.9 cm³/mol. The minimum atomic E-state index is 0.615. The van der Waals surface area contributed by atoms with E-state index in [0.29, 0.717) is 3.92 Å². The minimum absolute atomic E-state index is 0.615. The van der Waals surface area contributed by atoms with Crippen LogP contribution in [-0.4, -0.2) is 13.7 Å². The molecule has 1 aromatic carbocycles. The van der Waals surface area contributed by atoms with Gasteiger partial charge in [0.05, 0.1) is 12.8 Å². The fraction of sp³-hybridized carbons (Fsp3) is 0.400. The van der Waals surface area contributed by atoms with E-state index in [1.807, 2.05) is 6.07 Å². The van der Waals surface area contributed by atoms with E-state index in [9.17, 15) is 0 Å². The zero-order chi connectivity index (χ0) is 9.26. The summed E-state index contributed by atoms with van der Waals surface area (Å²) in [6, 6.07) is 6.22. The SMILES string of the molecule is COc1cccc2c1NCCC2I. The van der Waals surface area contributed by atoms with Crippen LogP contribution in [0.3, 0.4) is 0 Å². The molecule has 1 aliphatic rings. The number of hydrogen-bond donors (Lipinski definition) is 1. The zero-order valence-corrected chi connectivity index (χ0v) is 9.67. The van der Waals surface area contributed by atoms with E-state index in [1.54, 1.807) is 7.11 Å². The van der Waals surface area contributed by atoms with Crippen LogP contribution in [0.15, 0.2) is 18.2 Å². The molecule has 13 heavy (non-hydrogen) atoms. The molecule has 0 saturated carbocycles. The number of methoxy groups -OCH3 is 1. The number of halogens is 1. The first-order chi connectivity index (χ1) is 6.33. The highest BCUT2D eigenvalue weighted by Gasteiger charge is 2.19. The van der Waals surface area contributed by atoms with E-state index in [1.165, 1.54) is 17.7 Å². The largest absolute Gasteiger partial charge is 0.495 e. The average molecular weight is 289 g/mol. The lowest BCUT2D eigenvalue weighted by atomic mass is 10.0. The molecule has 1 aliphatic heterocycles. The van der Waals surface area contributed by atoms with Gasteiger partial charge in [-0.25, -0.2) is 0 Å². The smallest absolute Gasteiger partial charge is 0.142 e. The number of para-hydroxylation sites is 1. The predicted octanol–water partition coefficient (Wildman–Crippen LogP) is 2.99. The summed E-state index contributed by atoms with van der Waals surface area (Å²) in [6.45, 7) is 1.04. The minimum Gasteiger partial charge on any atom is -0.495 e. The van der Waals surface area contributed by atoms with Gasteiger partial charge in [-0.1, -0.05) is 34.7 Å². The molecule has 0 spiro atoms. The van der Waals surface area contributed by atoms with E-state index < -0.39 is 0 Å². The fourth-order valence-corrected chi connectivity index (χ4v) is 2.48. The van der Waals surface area contributed by atoms with Crippen molar-refractivity contribution in [3.63, 3.8) is 0 Å². The molecule has 2 nitrogen and oxygen atoms in total. The van der Waals surface area contributed by atoms with Gasteiger partial charge < -0.3 is 10.1 Å². The third kappa shape index (κ3) is 1.61. The Morgan fingerprint density at radius 1 is 1.54 bits per heavy atom. The van der Waals surface area contributed by atoms with Crippen LogP contribution in [-0.2, 0) is 0 Å². The number of anilines is 1. The summed E-state index contributed by atoms with van der Waals surface area (Å²) in [5.41, 5.74) is 2.54. The number of ether oxygens (including phenoxy) is 1. The summed E-state index contributed by atoms with van der Waals surface area (Å²) in [4.78, 5) is 0. The first kappa shape index (κ1) is 9.12. The third-order valence-corrected chi connectivity index (χ3v) is 3.61. The van der Waals surface area contributed by atoms with E-state index >= 15 is 0 Å². The number of hydrogen-bond acceptors (Lipinski definition) is 2. The maximum Gasteiger partial charge on any atom is 0.142 e. The van der Waals surface area contributed by atoms with Crippen molar-refractivity contribution in [3.8, 4) is 5.75 Å². The lowest BCUT2D eigenvalue weighted by molar-refractivity contribution is 0.415. The second-order valence-corrected chi connectivity index (χ2v) is 4.61. The lowest BCUT2D eigenvalue weighted by Gasteiger charge is -2.24. The van der Waals surface area contributed by atoms with Gasteiger partial charge in [0, 0.05) is 10.5 Å². The molecule has 1 atom stereocenters. The standard InChI is InChI=1S/C10H12INO/c1-13-9-4-2-3-7-8(11)5-6-12-10(7)9/h2-4,8,12H,5-6H2,1H3. The Balaban J connectivity index is 2.48. The Bertz CT molecular complexity index is 314. The van der Waals surface area contributed by atoms with Crippen LogP contribution in [0.4, 0.5) is 5.69 Å². The topological polar surface area (TPSA) is 21.3 Å². The van der Waals surface area contributed by atoms with Crippen molar-refractivity contribution in [3.05, 3.63) is 23.8 Å². The summed E-state index contributed by atoms with van der Waals surface area (Å²) in [5, 5.41) is 3.38. The molecule has 1 N–H and O–H groups in total. The number of nitrogens with one attached hydrogen (secondary N) is 1. The van der Waals surface area contributed by atoms with Crippen LogP contribution in [0, 0.1) is 0 Å². The number of rotatable bonds is 1. The molecule has 0 bridgehead atoms. The highest BCUT2D eigenvalue weighted by Crippen LogP contribution is 2.40. The molecule has 0 amide bonds. The summed E-state index contributed by atoms with van der Waals surface area (Å²) < 4.78 is 5.91. The van der Waals surface area contributed by atoms with Crippen LogP contribution in [0.25, 0.3) is 0 Å². The Morgan fingerprint density at radius 3 is 3.15 bits per heavy atom. The van der Waals surface area contributed by atoms with E-state index in [2.05, 4.69) is 40.0 Å². The highest BCUT2D eigenvalue weighted by atomic mass is 127. The van der Waals surface area contributed by atoms with Crippen LogP contribution >= 0.6 is 22.6 Å². The second-order valence-electron chi connectivity index (χ2n) is 3.11. The van der Waals surface area contributed by atoms with Crippen LogP contribution in [0.2, 0.25) is 0 Å². The van der Waals surface area contributed by atoms with Gasteiger partial charge >= 0.3 is 0 Å². The highest BCUT2D eigenvalue weighted by molar-refractivity contribution is 14.1. The quantitative estimate of drug-likeness (QED) is 0.634. The number of alkyl halides is 1. The summed E-state index contributed by atoms with van der Waals surface area (Å²) in [6.07, 6.45) is 1.20. The molecule has 1 aromatic rings. The molecular weight excluding hydrogens is 277 g/mol. The summed E-state index contributed by atoms with van der Waals surface area (Å²) in [5.74, 6) is 0.957. The molecule has 0 saturated heterocycles. The van der Waals surface area contributed by atoms with Crippen LogP contribution in [0.1, 0.15) is 15.9 Å². The maximum atomic E-state index is 5.30. The average Bonchev–Trinajstić information content (AvgIpc) is 2.18. The maximum absolute atomic E-state index is 5.30. The van der Waals surface area contributed by atoms with E-state index in [0.717, 1.165) is 12.3 Å². The van der Waals surface area contributed by atoms with Gasteiger partial charge in [0.1, 0.15) is 5.75 Å². The zero-order valence-electron chi connectivity index (χ0n) is 7.51. The molecular formula is C10H12INO. The monoisotopic (exact) mass is 289 g/mol. The van der Waals surface area contributed by atoms with Crippen LogP contribution in [0.5, 0.6) is 5.75 Å². The Kier molecular flexibility index (Phi) is 2.62. The van der Waals surface area contributed by atoms with Crippen molar-refractivity contribution >= 4 is 28.3 Å². The first-order valence-corrected chi connectivity index (χ1v) is 5.62. The van der Waals surface area contributed by atoms with Gasteiger partial charge in [0.2, 0.25) is 0 Å². The Labute approximate surface area is 91.8 Å². The van der Waals surface area contributed by atoms with Gasteiger partial charge in [-0.2, -0.15) is 0 Å². The van der Waals surface area contributed by atoms with Gasteiger partial charge in [-0.05, 0) is 18.1 Å². The van der Waals surface area contributed by atoms with Crippen LogP contribution < -0.4 is 10.1 Å². The summed E-state index contributed by atoms with van der Waals surface area (Å²) in [7, 11) is 1.72. The molecule has 2 rings (SSSR count). The third-order valence-electron chi connectivity index (χ3n) is 2.32. The molecule has 0 fully saturated rings. The van der Waals surface area contributed by atoms with Crippen molar-refractivity contribution in [2.75, 3.05) is 19.0 Å². The normalized spacial score (nSPS) is 20.3. The Hall–Kier alpha value is -0.450. The second kappa shape index (κ2) is 3.74. The molecule has 0 aromatic heterocycles. The molecule has 1 unspecified atom stereocenters. The molecule has 0 radical (unpaired) electrons. The first-order valence-electron chi connectivity index (χ1n) is 4.38. The fourth-order valence-electron chi connectivity index (χ4n) is 1.65. The van der Waals surface area contributed by atoms with E-state index in [4.69, 9.17) is 4.74 Å². The lowest BCUT2D eigenvalue weighted by Crippen LogP contribution is -2.14. The van der Waals surface area contributed by atoms with Gasteiger partial charge in [-0.15, -0.1) is 0 Å². The van der Waals surface area contributed by atoms with Crippen molar-refractivity contribution in [1.82, 2.24) is 0 Å².